The Morgan fingerprint density at radius 2 is 1.77 bits per heavy atom. The van der Waals surface area contributed by atoms with Crippen LogP contribution in [0.15, 0.2) is 65.5 Å². The van der Waals surface area contributed by atoms with Crippen molar-refractivity contribution >= 4 is 27.5 Å². The summed E-state index contributed by atoms with van der Waals surface area (Å²) in [4.78, 5) is 39.1. The third-order valence-electron chi connectivity index (χ3n) is 6.35. The molecule has 1 fully saturated rings. The summed E-state index contributed by atoms with van der Waals surface area (Å²) in [5, 5.41) is 0.615. The van der Waals surface area contributed by atoms with E-state index in [1.807, 2.05) is 65.6 Å². The molecule has 0 spiro atoms. The second kappa shape index (κ2) is 9.16. The molecule has 1 amide bonds. The van der Waals surface area contributed by atoms with Gasteiger partial charge in [-0.1, -0.05) is 42.5 Å². The Balaban J connectivity index is 1.09. The molecule has 6 rings (SSSR count). The molecule has 0 radical (unpaired) electrons. The molecule has 0 aliphatic carbocycles. The fraction of sp³-hybridized carbons (Fsp3) is 0.269. The van der Waals surface area contributed by atoms with Gasteiger partial charge in [-0.25, -0.2) is 4.98 Å². The highest BCUT2D eigenvalue weighted by atomic mass is 32.1. The Morgan fingerprint density at radius 3 is 2.57 bits per heavy atom. The molecule has 1 N–H and O–H groups in total. The number of rotatable bonds is 4. The zero-order chi connectivity index (χ0) is 23.8. The van der Waals surface area contributed by atoms with Gasteiger partial charge in [0.15, 0.2) is 11.5 Å². The van der Waals surface area contributed by atoms with Gasteiger partial charge in [-0.3, -0.25) is 14.5 Å². The van der Waals surface area contributed by atoms with Crippen molar-refractivity contribution in [1.82, 2.24) is 19.8 Å². The van der Waals surface area contributed by atoms with E-state index in [0.717, 1.165) is 15.3 Å². The molecule has 1 saturated heterocycles. The van der Waals surface area contributed by atoms with E-state index >= 15 is 0 Å². The molecule has 2 aliphatic rings. The lowest BCUT2D eigenvalue weighted by Gasteiger charge is -2.36. The van der Waals surface area contributed by atoms with Crippen LogP contribution in [0.25, 0.3) is 20.7 Å². The van der Waals surface area contributed by atoms with Crippen LogP contribution in [0.2, 0.25) is 0 Å². The molecule has 1 unspecified atom stereocenters. The summed E-state index contributed by atoms with van der Waals surface area (Å²) >= 11 is 1.53. The smallest absolute Gasteiger partial charge is 0.267 e. The largest absolute Gasteiger partial charge is 0.485 e. The maximum Gasteiger partial charge on any atom is 0.267 e. The highest BCUT2D eigenvalue weighted by Crippen LogP contribution is 2.32. The summed E-state index contributed by atoms with van der Waals surface area (Å²) in [6.07, 6.45) is -0.630. The Labute approximate surface area is 205 Å². The predicted octanol–water partition coefficient (Wildman–Crippen LogP) is 3.14. The maximum atomic E-state index is 13.0. The second-order valence-corrected chi connectivity index (χ2v) is 9.70. The van der Waals surface area contributed by atoms with Crippen LogP contribution >= 0.6 is 11.3 Å². The minimum atomic E-state index is -0.630. The number of hydrogen-bond acceptors (Lipinski definition) is 7. The number of aromatic amines is 1. The number of carbonyl (C=O) groups excluding carboxylic acids is 1. The summed E-state index contributed by atoms with van der Waals surface area (Å²) in [5.74, 6) is 1.86. The average molecular weight is 489 g/mol. The molecular formula is C26H24N4O4S. The van der Waals surface area contributed by atoms with Crippen molar-refractivity contribution in [3.05, 3.63) is 76.8 Å². The number of nitrogens with one attached hydrogen (secondary N) is 1. The lowest BCUT2D eigenvalue weighted by Crippen LogP contribution is -2.53. The van der Waals surface area contributed by atoms with E-state index < -0.39 is 6.10 Å². The predicted molar refractivity (Wildman–Crippen MR) is 134 cm³/mol. The normalized spacial score (nSPS) is 18.1. The Kier molecular flexibility index (Phi) is 5.71. The number of thiophene rings is 1. The van der Waals surface area contributed by atoms with Crippen molar-refractivity contribution in [3.63, 3.8) is 0 Å². The number of carbonyl (C=O) groups is 1. The van der Waals surface area contributed by atoms with Crippen molar-refractivity contribution in [3.8, 4) is 21.9 Å². The van der Waals surface area contributed by atoms with Gasteiger partial charge in [0.05, 0.1) is 11.9 Å². The van der Waals surface area contributed by atoms with E-state index in [2.05, 4.69) is 9.88 Å². The number of H-pyrrole nitrogens is 1. The number of para-hydroxylation sites is 2. The molecule has 9 heteroatoms. The molecule has 4 aromatic rings. The van der Waals surface area contributed by atoms with Gasteiger partial charge in [0.1, 0.15) is 17.3 Å². The third kappa shape index (κ3) is 4.40. The van der Waals surface area contributed by atoms with Crippen LogP contribution in [0.3, 0.4) is 0 Å². The van der Waals surface area contributed by atoms with E-state index in [0.29, 0.717) is 55.4 Å². The SMILES string of the molecule is O=C(C1COc2ccccc2O1)N1CCN(Cc2nc3sc(-c4ccccc4)cc3c(=O)[nH]2)CC1. The first-order chi connectivity index (χ1) is 17.1. The molecule has 4 heterocycles. The van der Waals surface area contributed by atoms with Crippen molar-refractivity contribution in [2.24, 2.45) is 0 Å². The molecule has 0 saturated carbocycles. The van der Waals surface area contributed by atoms with Gasteiger partial charge in [-0.2, -0.15) is 0 Å². The number of amides is 1. The molecule has 2 aromatic heterocycles. The first kappa shape index (κ1) is 21.8. The number of fused-ring (bicyclic) bond motifs is 2. The van der Waals surface area contributed by atoms with Crippen molar-refractivity contribution in [1.29, 1.82) is 0 Å². The summed E-state index contributed by atoms with van der Waals surface area (Å²) in [7, 11) is 0. The lowest BCUT2D eigenvalue weighted by molar-refractivity contribution is -0.143. The van der Waals surface area contributed by atoms with Gasteiger partial charge in [0.2, 0.25) is 6.10 Å². The van der Waals surface area contributed by atoms with Gasteiger partial charge in [0.25, 0.3) is 11.5 Å². The lowest BCUT2D eigenvalue weighted by atomic mass is 10.2. The van der Waals surface area contributed by atoms with Crippen LogP contribution in [-0.4, -0.2) is 64.6 Å². The van der Waals surface area contributed by atoms with E-state index in [4.69, 9.17) is 14.5 Å². The van der Waals surface area contributed by atoms with E-state index in [9.17, 15) is 9.59 Å². The second-order valence-electron chi connectivity index (χ2n) is 8.67. The number of piperazine rings is 1. The van der Waals surface area contributed by atoms with Crippen molar-refractivity contribution in [2.75, 3.05) is 32.8 Å². The van der Waals surface area contributed by atoms with Crippen LogP contribution in [-0.2, 0) is 11.3 Å². The quantitative estimate of drug-likeness (QED) is 0.475. The monoisotopic (exact) mass is 488 g/mol. The highest BCUT2D eigenvalue weighted by Gasteiger charge is 2.32. The van der Waals surface area contributed by atoms with Crippen molar-refractivity contribution < 1.29 is 14.3 Å². The number of benzene rings is 2. The minimum absolute atomic E-state index is 0.0564. The molecule has 1 atom stereocenters. The van der Waals surface area contributed by atoms with Gasteiger partial charge in [0, 0.05) is 31.1 Å². The highest BCUT2D eigenvalue weighted by molar-refractivity contribution is 7.21. The zero-order valence-corrected chi connectivity index (χ0v) is 19.8. The fourth-order valence-electron chi connectivity index (χ4n) is 4.48. The van der Waals surface area contributed by atoms with Crippen LogP contribution in [0.4, 0.5) is 0 Å². The molecule has 2 aliphatic heterocycles. The topological polar surface area (TPSA) is 87.8 Å². The van der Waals surface area contributed by atoms with Crippen LogP contribution < -0.4 is 15.0 Å². The number of aromatic nitrogens is 2. The molecule has 178 valence electrons. The summed E-state index contributed by atoms with van der Waals surface area (Å²) in [5.41, 5.74) is 0.958. The van der Waals surface area contributed by atoms with E-state index in [1.54, 1.807) is 0 Å². The van der Waals surface area contributed by atoms with Crippen LogP contribution in [0.1, 0.15) is 5.82 Å². The summed E-state index contributed by atoms with van der Waals surface area (Å²) < 4.78 is 11.6. The molecule has 2 aromatic carbocycles. The van der Waals surface area contributed by atoms with Crippen LogP contribution in [0.5, 0.6) is 11.5 Å². The Hall–Kier alpha value is -3.69. The fourth-order valence-corrected chi connectivity index (χ4v) is 5.54. The van der Waals surface area contributed by atoms with Crippen LogP contribution in [0, 0.1) is 0 Å². The maximum absolute atomic E-state index is 13.0. The first-order valence-electron chi connectivity index (χ1n) is 11.6. The molecule has 8 nitrogen and oxygen atoms in total. The minimum Gasteiger partial charge on any atom is -0.485 e. The Morgan fingerprint density at radius 1 is 1.03 bits per heavy atom. The van der Waals surface area contributed by atoms with Gasteiger partial charge < -0.3 is 19.4 Å². The van der Waals surface area contributed by atoms with E-state index in [1.165, 1.54) is 11.3 Å². The summed E-state index contributed by atoms with van der Waals surface area (Å²) in [6.45, 7) is 3.30. The van der Waals surface area contributed by atoms with E-state index in [-0.39, 0.29) is 18.1 Å². The first-order valence-corrected chi connectivity index (χ1v) is 12.4. The van der Waals surface area contributed by atoms with Gasteiger partial charge in [-0.05, 0) is 23.8 Å². The molecular weight excluding hydrogens is 464 g/mol. The van der Waals surface area contributed by atoms with Gasteiger partial charge >= 0.3 is 0 Å². The van der Waals surface area contributed by atoms with Crippen molar-refractivity contribution in [2.45, 2.75) is 12.6 Å². The van der Waals surface area contributed by atoms with Gasteiger partial charge in [-0.15, -0.1) is 11.3 Å². The molecule has 0 bridgehead atoms. The Bertz CT molecular complexity index is 1430. The standard InChI is InChI=1S/C26H24N4O4S/c31-24-18-14-22(17-6-2-1-3-7-17)35-25(18)28-23(27-24)15-29-10-12-30(13-11-29)26(32)21-16-33-19-8-4-5-9-20(19)34-21/h1-9,14,21H,10-13,15-16H2,(H,27,28,31). The average Bonchev–Trinajstić information content (AvgIpc) is 3.34. The number of ether oxygens (including phenoxy) is 2. The summed E-state index contributed by atoms with van der Waals surface area (Å²) in [6, 6.07) is 19.3. The third-order valence-corrected chi connectivity index (χ3v) is 7.43. The molecule has 35 heavy (non-hydrogen) atoms. The number of nitrogens with zero attached hydrogens (tertiary/aromatic N) is 3. The number of hydrogen-bond donors (Lipinski definition) is 1. The zero-order valence-electron chi connectivity index (χ0n) is 19.0.